The lowest BCUT2D eigenvalue weighted by molar-refractivity contribution is -0.890. The van der Waals surface area contributed by atoms with E-state index in [1.54, 1.807) is 0 Å². The first-order valence-electron chi connectivity index (χ1n) is 8.97. The summed E-state index contributed by atoms with van der Waals surface area (Å²) in [6.07, 6.45) is 4.63. The van der Waals surface area contributed by atoms with Gasteiger partial charge in [0.25, 0.3) is 0 Å². The molecule has 0 aromatic carbocycles. The minimum atomic E-state index is -0.352. The van der Waals surface area contributed by atoms with Crippen molar-refractivity contribution in [2.75, 3.05) is 40.4 Å². The molecule has 0 aromatic rings. The van der Waals surface area contributed by atoms with Crippen LogP contribution in [0.1, 0.15) is 47.0 Å². The van der Waals surface area contributed by atoms with E-state index < -0.39 is 0 Å². The van der Waals surface area contributed by atoms with Crippen molar-refractivity contribution in [1.29, 1.82) is 0 Å². The Labute approximate surface area is 148 Å². The zero-order valence-electron chi connectivity index (χ0n) is 16.5. The number of nitrogens with zero attached hydrogens (tertiary/aromatic N) is 1. The number of carbonyl (C=O) groups excluding carboxylic acids is 1. The van der Waals surface area contributed by atoms with Gasteiger partial charge in [0.2, 0.25) is 0 Å². The van der Waals surface area contributed by atoms with E-state index in [-0.39, 0.29) is 17.0 Å². The molecule has 5 nitrogen and oxygen atoms in total. The summed E-state index contributed by atoms with van der Waals surface area (Å²) in [6, 6.07) is 0. The molecule has 24 heavy (non-hydrogen) atoms. The van der Waals surface area contributed by atoms with Crippen LogP contribution in [0.3, 0.4) is 0 Å². The molecule has 0 amide bonds. The summed E-state index contributed by atoms with van der Waals surface area (Å²) in [5.41, 5.74) is 0.244. The van der Waals surface area contributed by atoms with Crippen LogP contribution in [0.4, 0.5) is 0 Å². The molecule has 0 atom stereocenters. The molecule has 1 N–H and O–H groups in total. The Morgan fingerprint density at radius 3 is 2.29 bits per heavy atom. The fourth-order valence-electron chi connectivity index (χ4n) is 3.65. The fraction of sp³-hybridized carbons (Fsp3) is 0.842. The third-order valence-electron chi connectivity index (χ3n) is 4.52. The second-order valence-corrected chi connectivity index (χ2v) is 8.90. The smallest absolute Gasteiger partial charge is 0.330 e. The van der Waals surface area contributed by atoms with E-state index >= 15 is 0 Å². The molecule has 0 saturated carbocycles. The van der Waals surface area contributed by atoms with E-state index in [4.69, 9.17) is 9.47 Å². The summed E-state index contributed by atoms with van der Waals surface area (Å²) >= 11 is 0. The lowest BCUT2D eigenvalue weighted by Gasteiger charge is -2.46. The number of ether oxygens (including phenoxy) is 2. The topological polar surface area (TPSA) is 47.6 Å². The van der Waals surface area contributed by atoms with Crippen LogP contribution < -0.4 is 5.32 Å². The second kappa shape index (κ2) is 8.45. The van der Waals surface area contributed by atoms with E-state index in [1.165, 1.54) is 6.08 Å². The molecule has 0 unspecified atom stereocenters. The number of nitrogens with one attached hydrogen (secondary N) is 1. The first-order chi connectivity index (χ1) is 10.9. The zero-order chi connectivity index (χ0) is 18.4. The van der Waals surface area contributed by atoms with Gasteiger partial charge in [0.15, 0.2) is 0 Å². The maximum Gasteiger partial charge on any atom is 0.330 e. The SMILES string of the molecule is C=CC(=O)OCC[N+](C)(C)CCCOC1CC(C)(C)NC(C)(C)C1. The molecule has 1 fully saturated rings. The predicted octanol–water partition coefficient (Wildman–Crippen LogP) is 2.51. The average molecular weight is 342 g/mol. The highest BCUT2D eigenvalue weighted by molar-refractivity contribution is 5.81. The lowest BCUT2D eigenvalue weighted by atomic mass is 9.81. The van der Waals surface area contributed by atoms with E-state index in [9.17, 15) is 4.79 Å². The molecule has 1 heterocycles. The normalized spacial score (nSPS) is 20.6. The molecule has 0 spiro atoms. The Morgan fingerprint density at radius 2 is 1.75 bits per heavy atom. The summed E-state index contributed by atoms with van der Waals surface area (Å²) in [5, 5.41) is 3.68. The number of rotatable bonds is 9. The maximum atomic E-state index is 11.1. The van der Waals surface area contributed by atoms with Crippen LogP contribution in [0.2, 0.25) is 0 Å². The van der Waals surface area contributed by atoms with Crippen LogP contribution in [0.15, 0.2) is 12.7 Å². The van der Waals surface area contributed by atoms with E-state index in [1.807, 2.05) is 0 Å². The molecular formula is C19H37N2O3+. The Hall–Kier alpha value is -0.910. The van der Waals surface area contributed by atoms with Gasteiger partial charge in [0.05, 0.1) is 33.4 Å². The quantitative estimate of drug-likeness (QED) is 0.303. The highest BCUT2D eigenvalue weighted by Crippen LogP contribution is 2.30. The van der Waals surface area contributed by atoms with Crippen LogP contribution in [0.25, 0.3) is 0 Å². The van der Waals surface area contributed by atoms with Crippen molar-refractivity contribution < 1.29 is 18.8 Å². The van der Waals surface area contributed by atoms with Gasteiger partial charge in [-0.3, -0.25) is 0 Å². The number of esters is 1. The Morgan fingerprint density at radius 1 is 1.17 bits per heavy atom. The first-order valence-corrected chi connectivity index (χ1v) is 8.97. The molecule has 0 bridgehead atoms. The minimum Gasteiger partial charge on any atom is -0.457 e. The Bertz CT molecular complexity index is 414. The van der Waals surface area contributed by atoms with Crippen molar-refractivity contribution in [3.05, 3.63) is 12.7 Å². The largest absolute Gasteiger partial charge is 0.457 e. The molecule has 1 saturated heterocycles. The van der Waals surface area contributed by atoms with Gasteiger partial charge in [-0.2, -0.15) is 0 Å². The van der Waals surface area contributed by atoms with Gasteiger partial charge in [0, 0.05) is 23.6 Å². The molecule has 0 radical (unpaired) electrons. The van der Waals surface area contributed by atoms with Gasteiger partial charge in [-0.1, -0.05) is 6.58 Å². The molecule has 1 aliphatic rings. The minimum absolute atomic E-state index is 0.122. The van der Waals surface area contributed by atoms with Crippen molar-refractivity contribution in [3.63, 3.8) is 0 Å². The maximum absolute atomic E-state index is 11.1. The monoisotopic (exact) mass is 341 g/mol. The van der Waals surface area contributed by atoms with E-state index in [2.05, 4.69) is 53.7 Å². The number of likely N-dealkylation sites (N-methyl/N-ethyl adjacent to an activating group) is 1. The van der Waals surface area contributed by atoms with Crippen LogP contribution >= 0.6 is 0 Å². The van der Waals surface area contributed by atoms with Crippen LogP contribution in [-0.2, 0) is 14.3 Å². The van der Waals surface area contributed by atoms with Gasteiger partial charge in [-0.25, -0.2) is 4.79 Å². The highest BCUT2D eigenvalue weighted by Gasteiger charge is 2.38. The summed E-state index contributed by atoms with van der Waals surface area (Å²) < 4.78 is 12.0. The molecule has 0 aromatic heterocycles. The van der Waals surface area contributed by atoms with Crippen LogP contribution in [0.5, 0.6) is 0 Å². The summed E-state index contributed by atoms with van der Waals surface area (Å²) in [4.78, 5) is 11.1. The number of hydrogen-bond acceptors (Lipinski definition) is 4. The number of quaternary nitrogens is 1. The van der Waals surface area contributed by atoms with Crippen molar-refractivity contribution in [2.24, 2.45) is 0 Å². The molecular weight excluding hydrogens is 304 g/mol. The first kappa shape index (κ1) is 21.1. The third-order valence-corrected chi connectivity index (χ3v) is 4.52. The molecule has 1 aliphatic heterocycles. The van der Waals surface area contributed by atoms with Crippen molar-refractivity contribution in [2.45, 2.75) is 64.1 Å². The Balaban J connectivity index is 2.27. The number of piperidine rings is 1. The standard InChI is InChI=1S/C19H37N2O3/c1-8-17(22)24-13-11-21(6,7)10-9-12-23-16-14-18(2,3)20-19(4,5)15-16/h8,16,20H,1,9-15H2,2-7H3/q+1. The molecule has 0 aliphatic carbocycles. The molecule has 1 rings (SSSR count). The van der Waals surface area contributed by atoms with Gasteiger partial charge >= 0.3 is 5.97 Å². The molecule has 140 valence electrons. The van der Waals surface area contributed by atoms with E-state index in [0.29, 0.717) is 12.7 Å². The van der Waals surface area contributed by atoms with Crippen molar-refractivity contribution >= 4 is 5.97 Å². The lowest BCUT2D eigenvalue weighted by Crippen LogP contribution is -2.59. The molecule has 5 heteroatoms. The summed E-state index contributed by atoms with van der Waals surface area (Å²) in [5.74, 6) is -0.352. The van der Waals surface area contributed by atoms with E-state index in [0.717, 1.165) is 43.4 Å². The predicted molar refractivity (Wildman–Crippen MR) is 97.9 cm³/mol. The van der Waals surface area contributed by atoms with Gasteiger partial charge < -0.3 is 19.3 Å². The number of carbonyl (C=O) groups is 1. The average Bonchev–Trinajstić information content (AvgIpc) is 2.40. The Kier molecular flexibility index (Phi) is 7.44. The van der Waals surface area contributed by atoms with Crippen molar-refractivity contribution in [3.8, 4) is 0 Å². The third kappa shape index (κ3) is 8.27. The highest BCUT2D eigenvalue weighted by atomic mass is 16.5. The fourth-order valence-corrected chi connectivity index (χ4v) is 3.65. The van der Waals surface area contributed by atoms with Crippen molar-refractivity contribution in [1.82, 2.24) is 5.32 Å². The number of hydrogen-bond donors (Lipinski definition) is 1. The zero-order valence-corrected chi connectivity index (χ0v) is 16.5. The summed E-state index contributed by atoms with van der Waals surface area (Å²) in [7, 11) is 4.30. The van der Waals surface area contributed by atoms with Crippen LogP contribution in [0, 0.1) is 0 Å². The second-order valence-electron chi connectivity index (χ2n) is 8.90. The van der Waals surface area contributed by atoms with Gasteiger partial charge in [0.1, 0.15) is 13.2 Å². The van der Waals surface area contributed by atoms with Gasteiger partial charge in [-0.15, -0.1) is 0 Å². The summed E-state index contributed by atoms with van der Waals surface area (Å²) in [6.45, 7) is 15.4. The van der Waals surface area contributed by atoms with Gasteiger partial charge in [-0.05, 0) is 40.5 Å². The van der Waals surface area contributed by atoms with Crippen LogP contribution in [-0.4, -0.2) is 68.0 Å².